The summed E-state index contributed by atoms with van der Waals surface area (Å²) in [4.78, 5) is 0. The van der Waals surface area contributed by atoms with Gasteiger partial charge in [-0.3, -0.25) is 4.68 Å². The van der Waals surface area contributed by atoms with Crippen LogP contribution in [-0.2, 0) is 6.54 Å². The van der Waals surface area contributed by atoms with Crippen molar-refractivity contribution in [2.45, 2.75) is 39.2 Å². The van der Waals surface area contributed by atoms with Crippen molar-refractivity contribution in [3.63, 3.8) is 0 Å². The van der Waals surface area contributed by atoms with Crippen molar-refractivity contribution in [3.05, 3.63) is 12.4 Å². The molecule has 1 rings (SSSR count). The van der Waals surface area contributed by atoms with E-state index in [0.29, 0.717) is 13.0 Å². The van der Waals surface area contributed by atoms with Crippen LogP contribution in [0.3, 0.4) is 0 Å². The predicted octanol–water partition coefficient (Wildman–Crippen LogP) is 2.37. The SMILES string of the molecule is CCCn1cc(OCCCCC#N)cn1. The van der Waals surface area contributed by atoms with Crippen molar-refractivity contribution in [2.75, 3.05) is 6.61 Å². The van der Waals surface area contributed by atoms with E-state index in [-0.39, 0.29) is 0 Å². The lowest BCUT2D eigenvalue weighted by atomic mass is 10.3. The van der Waals surface area contributed by atoms with Crippen molar-refractivity contribution in [1.29, 1.82) is 5.26 Å². The van der Waals surface area contributed by atoms with Gasteiger partial charge in [0.2, 0.25) is 0 Å². The molecule has 0 N–H and O–H groups in total. The van der Waals surface area contributed by atoms with E-state index in [2.05, 4.69) is 18.1 Å². The molecule has 0 spiro atoms. The van der Waals surface area contributed by atoms with Gasteiger partial charge in [-0.2, -0.15) is 10.4 Å². The molecule has 1 aromatic rings. The Morgan fingerprint density at radius 1 is 1.53 bits per heavy atom. The molecule has 0 aliphatic rings. The number of ether oxygens (including phenoxy) is 1. The Hall–Kier alpha value is -1.50. The first-order valence-corrected chi connectivity index (χ1v) is 5.39. The zero-order valence-electron chi connectivity index (χ0n) is 9.15. The highest BCUT2D eigenvalue weighted by Crippen LogP contribution is 2.09. The first-order valence-electron chi connectivity index (χ1n) is 5.39. The molecule has 0 aromatic carbocycles. The van der Waals surface area contributed by atoms with E-state index in [4.69, 9.17) is 10.00 Å². The molecule has 0 amide bonds. The largest absolute Gasteiger partial charge is 0.490 e. The number of aromatic nitrogens is 2. The Balaban J connectivity index is 2.17. The molecule has 0 unspecified atom stereocenters. The quantitative estimate of drug-likeness (QED) is 0.645. The molecule has 82 valence electrons. The second-order valence-corrected chi connectivity index (χ2v) is 3.40. The van der Waals surface area contributed by atoms with Gasteiger partial charge in [0, 0.05) is 13.0 Å². The van der Waals surface area contributed by atoms with E-state index in [1.807, 2.05) is 10.9 Å². The van der Waals surface area contributed by atoms with Gasteiger partial charge in [0.05, 0.1) is 25.1 Å². The van der Waals surface area contributed by atoms with E-state index < -0.39 is 0 Å². The molecule has 0 fully saturated rings. The fourth-order valence-electron chi connectivity index (χ4n) is 1.27. The van der Waals surface area contributed by atoms with Gasteiger partial charge in [0.1, 0.15) is 0 Å². The van der Waals surface area contributed by atoms with E-state index in [0.717, 1.165) is 31.6 Å². The van der Waals surface area contributed by atoms with E-state index in [9.17, 15) is 0 Å². The molecule has 1 heterocycles. The standard InChI is InChI=1S/C11H17N3O/c1-2-7-14-10-11(9-13-14)15-8-5-3-4-6-12/h9-10H,2-5,7-8H2,1H3. The van der Waals surface area contributed by atoms with Crippen LogP contribution >= 0.6 is 0 Å². The van der Waals surface area contributed by atoms with Gasteiger partial charge in [0.25, 0.3) is 0 Å². The molecule has 0 bridgehead atoms. The van der Waals surface area contributed by atoms with Crippen molar-refractivity contribution in [1.82, 2.24) is 9.78 Å². The van der Waals surface area contributed by atoms with E-state index in [1.165, 1.54) is 0 Å². The zero-order chi connectivity index (χ0) is 10.9. The molecular formula is C11H17N3O. The topological polar surface area (TPSA) is 50.8 Å². The number of hydrogen-bond acceptors (Lipinski definition) is 3. The third kappa shape index (κ3) is 4.50. The van der Waals surface area contributed by atoms with Crippen LogP contribution in [0.15, 0.2) is 12.4 Å². The lowest BCUT2D eigenvalue weighted by molar-refractivity contribution is 0.307. The Labute approximate surface area is 90.5 Å². The first-order chi connectivity index (χ1) is 7.36. The fourth-order valence-corrected chi connectivity index (χ4v) is 1.27. The summed E-state index contributed by atoms with van der Waals surface area (Å²) >= 11 is 0. The Morgan fingerprint density at radius 2 is 2.40 bits per heavy atom. The monoisotopic (exact) mass is 207 g/mol. The molecule has 1 aromatic heterocycles. The number of aryl methyl sites for hydroxylation is 1. The Bertz CT molecular complexity index is 314. The van der Waals surface area contributed by atoms with Crippen molar-refractivity contribution < 1.29 is 4.74 Å². The highest BCUT2D eigenvalue weighted by atomic mass is 16.5. The van der Waals surface area contributed by atoms with Crippen molar-refractivity contribution in [3.8, 4) is 11.8 Å². The number of unbranched alkanes of at least 4 members (excludes halogenated alkanes) is 2. The smallest absolute Gasteiger partial charge is 0.157 e. The summed E-state index contributed by atoms with van der Waals surface area (Å²) in [7, 11) is 0. The minimum absolute atomic E-state index is 0.610. The predicted molar refractivity (Wildman–Crippen MR) is 57.5 cm³/mol. The number of hydrogen-bond donors (Lipinski definition) is 0. The molecule has 4 nitrogen and oxygen atoms in total. The van der Waals surface area contributed by atoms with Crippen LogP contribution in [0.2, 0.25) is 0 Å². The summed E-state index contributed by atoms with van der Waals surface area (Å²) in [5, 5.41) is 12.5. The van der Waals surface area contributed by atoms with E-state index >= 15 is 0 Å². The Kier molecular flexibility index (Phi) is 5.31. The number of rotatable bonds is 7. The van der Waals surface area contributed by atoms with Crippen LogP contribution in [0.5, 0.6) is 5.75 Å². The maximum Gasteiger partial charge on any atom is 0.157 e. The van der Waals surface area contributed by atoms with Crippen LogP contribution in [-0.4, -0.2) is 16.4 Å². The summed E-state index contributed by atoms with van der Waals surface area (Å²) in [6, 6.07) is 2.12. The molecular weight excluding hydrogens is 190 g/mol. The highest BCUT2D eigenvalue weighted by Gasteiger charge is 1.98. The van der Waals surface area contributed by atoms with Crippen LogP contribution in [0, 0.1) is 11.3 Å². The van der Waals surface area contributed by atoms with Crippen molar-refractivity contribution in [2.24, 2.45) is 0 Å². The summed E-state index contributed by atoms with van der Waals surface area (Å²) in [5.74, 6) is 0.820. The lowest BCUT2D eigenvalue weighted by Crippen LogP contribution is -1.97. The first kappa shape index (κ1) is 11.6. The van der Waals surface area contributed by atoms with E-state index in [1.54, 1.807) is 6.20 Å². The highest BCUT2D eigenvalue weighted by molar-refractivity contribution is 5.11. The summed E-state index contributed by atoms with van der Waals surface area (Å²) in [6.45, 7) is 3.71. The zero-order valence-corrected chi connectivity index (χ0v) is 9.15. The van der Waals surface area contributed by atoms with Crippen LogP contribution in [0.4, 0.5) is 0 Å². The van der Waals surface area contributed by atoms with Gasteiger partial charge in [-0.05, 0) is 19.3 Å². The molecule has 4 heteroatoms. The van der Waals surface area contributed by atoms with Gasteiger partial charge >= 0.3 is 0 Å². The normalized spacial score (nSPS) is 9.87. The Morgan fingerprint density at radius 3 is 3.13 bits per heavy atom. The number of nitriles is 1. The average Bonchev–Trinajstić information content (AvgIpc) is 2.66. The van der Waals surface area contributed by atoms with Crippen LogP contribution in [0.25, 0.3) is 0 Å². The minimum atomic E-state index is 0.610. The second-order valence-electron chi connectivity index (χ2n) is 3.40. The van der Waals surface area contributed by atoms with Crippen LogP contribution < -0.4 is 4.74 Å². The van der Waals surface area contributed by atoms with Gasteiger partial charge < -0.3 is 4.74 Å². The van der Waals surface area contributed by atoms with Gasteiger partial charge in [-0.25, -0.2) is 0 Å². The third-order valence-electron chi connectivity index (χ3n) is 2.01. The van der Waals surface area contributed by atoms with Gasteiger partial charge in [-0.1, -0.05) is 6.92 Å². The fraction of sp³-hybridized carbons (Fsp3) is 0.636. The maximum atomic E-state index is 8.34. The molecule has 0 atom stereocenters. The van der Waals surface area contributed by atoms with Gasteiger partial charge in [0.15, 0.2) is 5.75 Å². The third-order valence-corrected chi connectivity index (χ3v) is 2.01. The molecule has 0 aliphatic carbocycles. The minimum Gasteiger partial charge on any atom is -0.490 e. The maximum absolute atomic E-state index is 8.34. The summed E-state index contributed by atoms with van der Waals surface area (Å²) in [5.41, 5.74) is 0. The summed E-state index contributed by atoms with van der Waals surface area (Å²) in [6.07, 6.45) is 7.15. The van der Waals surface area contributed by atoms with Gasteiger partial charge in [-0.15, -0.1) is 0 Å². The molecule has 0 aliphatic heterocycles. The van der Waals surface area contributed by atoms with Crippen molar-refractivity contribution >= 4 is 0 Å². The summed E-state index contributed by atoms with van der Waals surface area (Å²) < 4.78 is 7.37. The molecule has 15 heavy (non-hydrogen) atoms. The lowest BCUT2D eigenvalue weighted by Gasteiger charge is -2.01. The molecule has 0 radical (unpaired) electrons. The van der Waals surface area contributed by atoms with Crippen LogP contribution in [0.1, 0.15) is 32.6 Å². The average molecular weight is 207 g/mol. The molecule has 0 saturated carbocycles. The number of nitrogens with zero attached hydrogens (tertiary/aromatic N) is 3. The second kappa shape index (κ2) is 6.88. The molecule has 0 saturated heterocycles.